The van der Waals surface area contributed by atoms with Crippen LogP contribution in [0.25, 0.3) is 0 Å². The maximum absolute atomic E-state index is 11.7. The van der Waals surface area contributed by atoms with Gasteiger partial charge < -0.3 is 20.5 Å². The normalized spacial score (nSPS) is 11.0. The number of hydrogen-bond acceptors (Lipinski definition) is 6. The van der Waals surface area contributed by atoms with Crippen molar-refractivity contribution >= 4 is 18.0 Å². The van der Waals surface area contributed by atoms with Gasteiger partial charge in [0, 0.05) is 13.5 Å². The van der Waals surface area contributed by atoms with Crippen molar-refractivity contribution in [2.75, 3.05) is 7.05 Å². The Kier molecular flexibility index (Phi) is 6.05. The molecular formula is C13H21N5O5. The number of ether oxygens (including phenoxy) is 1. The number of nitrogens with one attached hydrogen (secondary N) is 2. The minimum Gasteiger partial charge on any atom is -0.476 e. The second kappa shape index (κ2) is 7.56. The molecule has 0 atom stereocenters. The van der Waals surface area contributed by atoms with E-state index in [0.29, 0.717) is 0 Å². The van der Waals surface area contributed by atoms with Gasteiger partial charge in [-0.15, -0.1) is 5.10 Å². The molecule has 1 rings (SSSR count). The molecule has 0 saturated heterocycles. The van der Waals surface area contributed by atoms with Gasteiger partial charge in [-0.25, -0.2) is 14.3 Å². The summed E-state index contributed by atoms with van der Waals surface area (Å²) in [6, 6.07) is 0. The zero-order valence-electron chi connectivity index (χ0n) is 13.5. The third kappa shape index (κ3) is 5.93. The van der Waals surface area contributed by atoms with Crippen molar-refractivity contribution in [3.63, 3.8) is 0 Å². The number of nitrogens with zero attached hydrogens (tertiary/aromatic N) is 3. The minimum absolute atomic E-state index is 0.109. The maximum atomic E-state index is 11.7. The van der Waals surface area contributed by atoms with Gasteiger partial charge in [0.25, 0.3) is 0 Å². The molecule has 0 fully saturated rings. The summed E-state index contributed by atoms with van der Waals surface area (Å²) < 4.78 is 6.35. The number of carboxylic acids is 1. The lowest BCUT2D eigenvalue weighted by molar-refractivity contribution is -0.120. The molecule has 3 N–H and O–H groups in total. The Balaban J connectivity index is 2.81. The molecule has 0 aliphatic rings. The fourth-order valence-corrected chi connectivity index (χ4v) is 1.66. The Hall–Kier alpha value is -2.65. The average molecular weight is 327 g/mol. The van der Waals surface area contributed by atoms with E-state index in [1.165, 1.54) is 11.7 Å². The highest BCUT2D eigenvalue weighted by molar-refractivity contribution is 5.86. The molecule has 0 aromatic carbocycles. The van der Waals surface area contributed by atoms with Gasteiger partial charge in [-0.1, -0.05) is 5.21 Å². The number of aryl methyl sites for hydroxylation is 1. The Morgan fingerprint density at radius 1 is 1.30 bits per heavy atom. The molecule has 0 saturated carbocycles. The third-order valence-electron chi connectivity index (χ3n) is 2.67. The highest BCUT2D eigenvalue weighted by atomic mass is 16.6. The van der Waals surface area contributed by atoms with Crippen LogP contribution in [-0.2, 0) is 22.6 Å². The summed E-state index contributed by atoms with van der Waals surface area (Å²) in [6.07, 6.45) is -0.578. The lowest BCUT2D eigenvalue weighted by Gasteiger charge is -2.19. The number of carbonyl (C=O) groups excluding carboxylic acids is 2. The number of amides is 2. The number of rotatable bonds is 6. The summed E-state index contributed by atoms with van der Waals surface area (Å²) in [5.74, 6) is -1.49. The third-order valence-corrected chi connectivity index (χ3v) is 2.67. The van der Waals surface area contributed by atoms with E-state index in [1.54, 1.807) is 20.8 Å². The van der Waals surface area contributed by atoms with E-state index in [4.69, 9.17) is 9.84 Å². The first-order valence-electron chi connectivity index (χ1n) is 6.97. The van der Waals surface area contributed by atoms with Gasteiger partial charge >= 0.3 is 12.1 Å². The summed E-state index contributed by atoms with van der Waals surface area (Å²) in [4.78, 5) is 34.1. The molecule has 0 aliphatic carbocycles. The van der Waals surface area contributed by atoms with Gasteiger partial charge in [-0.3, -0.25) is 4.79 Å². The average Bonchev–Trinajstić information content (AvgIpc) is 2.83. The molecule has 1 aromatic heterocycles. The van der Waals surface area contributed by atoms with Crippen LogP contribution in [0.2, 0.25) is 0 Å². The first kappa shape index (κ1) is 18.4. The van der Waals surface area contributed by atoms with Crippen molar-refractivity contribution in [1.82, 2.24) is 25.6 Å². The molecule has 0 bridgehead atoms. The van der Waals surface area contributed by atoms with E-state index in [9.17, 15) is 14.4 Å². The van der Waals surface area contributed by atoms with E-state index >= 15 is 0 Å². The van der Waals surface area contributed by atoms with Gasteiger partial charge in [0.15, 0.2) is 5.69 Å². The van der Waals surface area contributed by atoms with Crippen LogP contribution in [-0.4, -0.2) is 50.7 Å². The van der Waals surface area contributed by atoms with Crippen LogP contribution in [0.1, 0.15) is 43.4 Å². The number of aromatic carboxylic acids is 1. The topological polar surface area (TPSA) is 135 Å². The number of hydrogen-bond donors (Lipinski definition) is 3. The van der Waals surface area contributed by atoms with Crippen molar-refractivity contribution in [3.8, 4) is 0 Å². The largest absolute Gasteiger partial charge is 0.476 e. The van der Waals surface area contributed by atoms with Crippen molar-refractivity contribution in [3.05, 3.63) is 11.4 Å². The number of carbonyl (C=O) groups is 3. The quantitative estimate of drug-likeness (QED) is 0.676. The smallest absolute Gasteiger partial charge is 0.407 e. The monoisotopic (exact) mass is 327 g/mol. The second-order valence-electron chi connectivity index (χ2n) is 5.69. The summed E-state index contributed by atoms with van der Waals surface area (Å²) >= 11 is 0. The number of aromatic nitrogens is 3. The van der Waals surface area contributed by atoms with Crippen LogP contribution < -0.4 is 10.6 Å². The van der Waals surface area contributed by atoms with Gasteiger partial charge in [0.1, 0.15) is 5.60 Å². The molecule has 1 aromatic rings. The Labute approximate surface area is 133 Å². The molecule has 128 valence electrons. The number of carboxylic acid groups (broad SMARTS) is 1. The summed E-state index contributed by atoms with van der Waals surface area (Å²) in [7, 11) is 1.50. The highest BCUT2D eigenvalue weighted by Crippen LogP contribution is 2.09. The van der Waals surface area contributed by atoms with Crippen molar-refractivity contribution in [2.24, 2.45) is 0 Å². The van der Waals surface area contributed by atoms with E-state index in [1.807, 2.05) is 0 Å². The zero-order valence-corrected chi connectivity index (χ0v) is 13.5. The first-order valence-corrected chi connectivity index (χ1v) is 6.97. The molecule has 0 unspecified atom stereocenters. The van der Waals surface area contributed by atoms with Gasteiger partial charge in [-0.2, -0.15) is 0 Å². The molecule has 10 heteroatoms. The van der Waals surface area contributed by atoms with Crippen LogP contribution in [0.5, 0.6) is 0 Å². The molecule has 0 radical (unpaired) electrons. The molecule has 1 heterocycles. The van der Waals surface area contributed by atoms with Crippen LogP contribution in [0.15, 0.2) is 0 Å². The predicted molar refractivity (Wildman–Crippen MR) is 78.7 cm³/mol. The molecular weight excluding hydrogens is 306 g/mol. The summed E-state index contributed by atoms with van der Waals surface area (Å²) in [6.45, 7) is 5.15. The van der Waals surface area contributed by atoms with E-state index in [-0.39, 0.29) is 36.8 Å². The van der Waals surface area contributed by atoms with Crippen molar-refractivity contribution in [2.45, 2.75) is 45.9 Å². The molecule has 10 nitrogen and oxygen atoms in total. The second-order valence-corrected chi connectivity index (χ2v) is 5.69. The molecule has 0 spiro atoms. The predicted octanol–water partition coefficient (Wildman–Crippen LogP) is 0.137. The van der Waals surface area contributed by atoms with Crippen LogP contribution >= 0.6 is 0 Å². The van der Waals surface area contributed by atoms with Crippen LogP contribution in [0, 0.1) is 0 Å². The van der Waals surface area contributed by atoms with E-state index in [2.05, 4.69) is 20.9 Å². The van der Waals surface area contributed by atoms with E-state index < -0.39 is 17.7 Å². The Bertz CT molecular complexity index is 590. The Morgan fingerprint density at radius 3 is 2.48 bits per heavy atom. The van der Waals surface area contributed by atoms with Gasteiger partial charge in [0.2, 0.25) is 5.91 Å². The van der Waals surface area contributed by atoms with E-state index in [0.717, 1.165) is 0 Å². The highest BCUT2D eigenvalue weighted by Gasteiger charge is 2.21. The summed E-state index contributed by atoms with van der Waals surface area (Å²) in [5.41, 5.74) is -0.762. The van der Waals surface area contributed by atoms with Crippen LogP contribution in [0.4, 0.5) is 4.79 Å². The van der Waals surface area contributed by atoms with Crippen molar-refractivity contribution < 1.29 is 24.2 Å². The fraction of sp³-hybridized carbons (Fsp3) is 0.615. The summed E-state index contributed by atoms with van der Waals surface area (Å²) in [5, 5.41) is 21.3. The molecule has 2 amide bonds. The zero-order chi connectivity index (χ0) is 17.6. The standard InChI is InChI=1S/C13H21N5O5/c1-13(2,3)23-12(22)15-7-8-10(11(20)21)16-17-18(8)6-5-9(19)14-4/h5-7H2,1-4H3,(H,14,19)(H,15,22)(H,20,21). The maximum Gasteiger partial charge on any atom is 0.407 e. The fourth-order valence-electron chi connectivity index (χ4n) is 1.66. The van der Waals surface area contributed by atoms with Gasteiger partial charge in [0.05, 0.1) is 18.8 Å². The molecule has 23 heavy (non-hydrogen) atoms. The van der Waals surface area contributed by atoms with Gasteiger partial charge in [-0.05, 0) is 20.8 Å². The SMILES string of the molecule is CNC(=O)CCn1nnc(C(=O)O)c1CNC(=O)OC(C)(C)C. The lowest BCUT2D eigenvalue weighted by Crippen LogP contribution is -2.33. The van der Waals surface area contributed by atoms with Crippen LogP contribution in [0.3, 0.4) is 0 Å². The molecule has 0 aliphatic heterocycles. The lowest BCUT2D eigenvalue weighted by atomic mass is 10.2. The number of alkyl carbamates (subject to hydrolysis) is 1. The van der Waals surface area contributed by atoms with Crippen molar-refractivity contribution in [1.29, 1.82) is 0 Å². The Morgan fingerprint density at radius 2 is 1.96 bits per heavy atom. The minimum atomic E-state index is -1.27. The first-order chi connectivity index (χ1) is 10.6.